The Morgan fingerprint density at radius 3 is 3.12 bits per heavy atom. The van der Waals surface area contributed by atoms with Crippen LogP contribution in [0.3, 0.4) is 0 Å². The van der Waals surface area contributed by atoms with Crippen LogP contribution in [0, 0.1) is 0 Å². The number of rotatable bonds is 5. The summed E-state index contributed by atoms with van der Waals surface area (Å²) in [5, 5.41) is 9.13. The maximum absolute atomic E-state index is 12.0. The molecule has 0 aliphatic carbocycles. The minimum Gasteiger partial charge on any atom is -0.394 e. The molecule has 1 aliphatic heterocycles. The molecule has 0 radical (unpaired) electrons. The number of hydrogen-bond donors (Lipinski definition) is 2. The highest BCUT2D eigenvalue weighted by Crippen LogP contribution is 2.09. The van der Waals surface area contributed by atoms with Crippen molar-refractivity contribution in [2.24, 2.45) is 5.73 Å². The number of morpholine rings is 1. The molecule has 94 valence electrons. The lowest BCUT2D eigenvalue weighted by Gasteiger charge is -2.36. The van der Waals surface area contributed by atoms with Crippen molar-refractivity contribution in [3.05, 3.63) is 0 Å². The number of nitrogens with two attached hydrogens (primary N) is 1. The molecule has 0 spiro atoms. The Balaban J connectivity index is 2.49. The van der Waals surface area contributed by atoms with Crippen LogP contribution in [0.25, 0.3) is 0 Å². The molecule has 3 N–H and O–H groups in total. The first kappa shape index (κ1) is 13.4. The van der Waals surface area contributed by atoms with Gasteiger partial charge in [0.05, 0.1) is 31.9 Å². The molecule has 6 nitrogen and oxygen atoms in total. The topological polar surface area (TPSA) is 85.0 Å². The van der Waals surface area contributed by atoms with Gasteiger partial charge in [0.15, 0.2) is 0 Å². The molecule has 2 unspecified atom stereocenters. The summed E-state index contributed by atoms with van der Waals surface area (Å²) in [6.45, 7) is 1.73. The molecule has 1 rings (SSSR count). The average Bonchev–Trinajstić information content (AvgIpc) is 2.34. The average molecular weight is 232 g/mol. The van der Waals surface area contributed by atoms with E-state index in [1.165, 1.54) is 0 Å². The van der Waals surface area contributed by atoms with Crippen LogP contribution < -0.4 is 5.73 Å². The van der Waals surface area contributed by atoms with Gasteiger partial charge in [-0.1, -0.05) is 0 Å². The van der Waals surface area contributed by atoms with Crippen LogP contribution in [-0.2, 0) is 14.3 Å². The molecule has 2 atom stereocenters. The molecule has 16 heavy (non-hydrogen) atoms. The van der Waals surface area contributed by atoms with E-state index in [0.717, 1.165) is 0 Å². The number of carbonyl (C=O) groups excluding carboxylic acids is 1. The number of hydrogen-bond acceptors (Lipinski definition) is 5. The van der Waals surface area contributed by atoms with E-state index in [0.29, 0.717) is 32.8 Å². The number of aliphatic hydroxyl groups is 1. The van der Waals surface area contributed by atoms with Gasteiger partial charge in [0.25, 0.3) is 0 Å². The lowest BCUT2D eigenvalue weighted by Crippen LogP contribution is -2.55. The Labute approximate surface area is 95.3 Å². The maximum Gasteiger partial charge on any atom is 0.240 e. The van der Waals surface area contributed by atoms with Crippen molar-refractivity contribution >= 4 is 5.91 Å². The minimum atomic E-state index is -0.563. The minimum absolute atomic E-state index is 0.0945. The zero-order valence-electron chi connectivity index (χ0n) is 9.59. The number of carbonyl (C=O) groups is 1. The second kappa shape index (κ2) is 6.80. The van der Waals surface area contributed by atoms with Crippen molar-refractivity contribution in [3.63, 3.8) is 0 Å². The van der Waals surface area contributed by atoms with Crippen LogP contribution in [0.1, 0.15) is 6.42 Å². The van der Waals surface area contributed by atoms with E-state index in [-0.39, 0.29) is 18.6 Å². The zero-order chi connectivity index (χ0) is 12.0. The fourth-order valence-electron chi connectivity index (χ4n) is 1.68. The van der Waals surface area contributed by atoms with Crippen LogP contribution in [0.4, 0.5) is 0 Å². The fraction of sp³-hybridized carbons (Fsp3) is 0.900. The van der Waals surface area contributed by atoms with Crippen LogP contribution >= 0.6 is 0 Å². The monoisotopic (exact) mass is 232 g/mol. The molecule has 1 saturated heterocycles. The summed E-state index contributed by atoms with van der Waals surface area (Å²) in [4.78, 5) is 13.6. The Kier molecular flexibility index (Phi) is 5.68. The van der Waals surface area contributed by atoms with Gasteiger partial charge >= 0.3 is 0 Å². The van der Waals surface area contributed by atoms with Crippen LogP contribution in [0.15, 0.2) is 0 Å². The molecule has 1 amide bonds. The van der Waals surface area contributed by atoms with Gasteiger partial charge in [0.2, 0.25) is 5.91 Å². The van der Waals surface area contributed by atoms with Crippen LogP contribution in [-0.4, -0.2) is 68.1 Å². The third kappa shape index (κ3) is 3.41. The van der Waals surface area contributed by atoms with Gasteiger partial charge in [-0.2, -0.15) is 0 Å². The van der Waals surface area contributed by atoms with Crippen molar-refractivity contribution in [2.45, 2.75) is 18.5 Å². The van der Waals surface area contributed by atoms with Gasteiger partial charge in [0, 0.05) is 20.3 Å². The molecule has 0 aromatic carbocycles. The van der Waals surface area contributed by atoms with Crippen molar-refractivity contribution in [1.29, 1.82) is 0 Å². The lowest BCUT2D eigenvalue weighted by atomic mass is 10.1. The summed E-state index contributed by atoms with van der Waals surface area (Å²) in [6.07, 6.45) is 0.491. The van der Waals surface area contributed by atoms with Gasteiger partial charge in [-0.15, -0.1) is 0 Å². The quantitative estimate of drug-likeness (QED) is 0.607. The largest absolute Gasteiger partial charge is 0.394 e. The molecular weight excluding hydrogens is 212 g/mol. The molecule has 1 aliphatic rings. The first-order valence-electron chi connectivity index (χ1n) is 5.44. The van der Waals surface area contributed by atoms with Crippen molar-refractivity contribution in [2.75, 3.05) is 40.1 Å². The van der Waals surface area contributed by atoms with Gasteiger partial charge in [-0.3, -0.25) is 4.79 Å². The van der Waals surface area contributed by atoms with Gasteiger partial charge in [0.1, 0.15) is 0 Å². The third-order valence-electron chi connectivity index (χ3n) is 2.67. The van der Waals surface area contributed by atoms with Crippen molar-refractivity contribution < 1.29 is 19.4 Å². The predicted molar refractivity (Wildman–Crippen MR) is 57.9 cm³/mol. The van der Waals surface area contributed by atoms with E-state index in [4.69, 9.17) is 20.3 Å². The van der Waals surface area contributed by atoms with Gasteiger partial charge < -0.3 is 25.2 Å². The molecule has 0 aromatic rings. The molecule has 1 heterocycles. The van der Waals surface area contributed by atoms with Crippen LogP contribution in [0.5, 0.6) is 0 Å². The Bertz CT molecular complexity index is 225. The normalized spacial score (nSPS) is 23.2. The molecule has 0 saturated carbocycles. The van der Waals surface area contributed by atoms with Crippen molar-refractivity contribution in [1.82, 2.24) is 4.90 Å². The van der Waals surface area contributed by atoms with Crippen molar-refractivity contribution in [3.8, 4) is 0 Å². The smallest absolute Gasteiger partial charge is 0.240 e. The van der Waals surface area contributed by atoms with Gasteiger partial charge in [-0.05, 0) is 6.42 Å². The van der Waals surface area contributed by atoms with E-state index < -0.39 is 6.04 Å². The van der Waals surface area contributed by atoms with E-state index in [1.54, 1.807) is 12.0 Å². The first-order valence-corrected chi connectivity index (χ1v) is 5.44. The van der Waals surface area contributed by atoms with E-state index >= 15 is 0 Å². The summed E-state index contributed by atoms with van der Waals surface area (Å²) in [5.41, 5.74) is 5.76. The third-order valence-corrected chi connectivity index (χ3v) is 2.67. The van der Waals surface area contributed by atoms with E-state index in [9.17, 15) is 4.79 Å². The zero-order valence-corrected chi connectivity index (χ0v) is 9.59. The van der Waals surface area contributed by atoms with Gasteiger partial charge in [-0.25, -0.2) is 0 Å². The molecular formula is C10H20N2O4. The molecule has 0 bridgehead atoms. The maximum atomic E-state index is 12.0. The number of methoxy groups -OCH3 is 1. The lowest BCUT2D eigenvalue weighted by molar-refractivity contribution is -0.143. The summed E-state index contributed by atoms with van der Waals surface area (Å²) >= 11 is 0. The summed E-state index contributed by atoms with van der Waals surface area (Å²) in [5.74, 6) is -0.139. The van der Waals surface area contributed by atoms with Crippen LogP contribution in [0.2, 0.25) is 0 Å². The second-order valence-corrected chi connectivity index (χ2v) is 3.83. The predicted octanol–water partition coefficient (Wildman–Crippen LogP) is -1.43. The highest BCUT2D eigenvalue weighted by molar-refractivity contribution is 5.82. The summed E-state index contributed by atoms with van der Waals surface area (Å²) < 4.78 is 10.1. The molecule has 0 aromatic heterocycles. The Hall–Kier alpha value is -0.690. The Morgan fingerprint density at radius 2 is 2.50 bits per heavy atom. The molecule has 1 fully saturated rings. The highest BCUT2D eigenvalue weighted by Gasteiger charge is 2.29. The fourth-order valence-corrected chi connectivity index (χ4v) is 1.68. The standard InChI is InChI=1S/C10H20N2O4/c1-15-4-2-9(11)10(14)12-3-5-16-7-8(12)6-13/h8-9,13H,2-7,11H2,1H3. The summed E-state index contributed by atoms with van der Waals surface area (Å²) in [7, 11) is 1.57. The van der Waals surface area contributed by atoms with E-state index in [1.807, 2.05) is 0 Å². The SMILES string of the molecule is COCCC(N)C(=O)N1CCOCC1CO. The number of aliphatic hydroxyl groups excluding tert-OH is 1. The number of nitrogens with zero attached hydrogens (tertiary/aromatic N) is 1. The number of amides is 1. The highest BCUT2D eigenvalue weighted by atomic mass is 16.5. The van der Waals surface area contributed by atoms with E-state index in [2.05, 4.69) is 0 Å². The first-order chi connectivity index (χ1) is 7.70. The number of ether oxygens (including phenoxy) is 2. The summed E-state index contributed by atoms with van der Waals surface area (Å²) in [6, 6.07) is -0.832. The second-order valence-electron chi connectivity index (χ2n) is 3.83. The molecule has 6 heteroatoms. The Morgan fingerprint density at radius 1 is 1.75 bits per heavy atom.